The number of aliphatic carboxylic acids is 1. The first kappa shape index (κ1) is 15.9. The minimum Gasteiger partial charge on any atom is -0.480 e. The van der Waals surface area contributed by atoms with Crippen LogP contribution < -0.4 is 5.32 Å². The van der Waals surface area contributed by atoms with Crippen LogP contribution in [0.2, 0.25) is 0 Å². The van der Waals surface area contributed by atoms with Crippen molar-refractivity contribution in [2.75, 3.05) is 6.61 Å². The maximum atomic E-state index is 11.0. The second-order valence-corrected chi connectivity index (χ2v) is 3.94. The summed E-state index contributed by atoms with van der Waals surface area (Å²) >= 11 is 0. The van der Waals surface area contributed by atoms with E-state index in [1.807, 2.05) is 13.8 Å². The summed E-state index contributed by atoms with van der Waals surface area (Å²) in [5, 5.41) is 19.9. The number of nitrogens with one attached hydrogen (secondary N) is 1. The Bertz CT molecular complexity index is 237. The molecule has 1 amide bonds. The van der Waals surface area contributed by atoms with Crippen molar-refractivity contribution in [3.63, 3.8) is 0 Å². The van der Waals surface area contributed by atoms with Crippen LogP contribution in [0.25, 0.3) is 0 Å². The molecule has 0 heterocycles. The van der Waals surface area contributed by atoms with Gasteiger partial charge < -0.3 is 15.5 Å². The predicted molar refractivity (Wildman–Crippen MR) is 64.6 cm³/mol. The molecule has 1 saturated carbocycles. The molecular weight excluding hydrogens is 222 g/mol. The number of carbonyl (C=O) groups excluding carboxylic acids is 1. The average Bonchev–Trinajstić information content (AvgIpc) is 2.38. The highest BCUT2D eigenvalue weighted by Gasteiger charge is 2.30. The summed E-state index contributed by atoms with van der Waals surface area (Å²) in [6, 6.07) is -0.843. The molecule has 0 saturated heterocycles. The average molecular weight is 245 g/mol. The summed E-state index contributed by atoms with van der Waals surface area (Å²) in [6.07, 6.45) is 4.84. The third-order valence-electron chi connectivity index (χ3n) is 2.85. The van der Waals surface area contributed by atoms with Gasteiger partial charge in [0.25, 0.3) is 0 Å². The molecule has 0 aromatic heterocycles. The molecule has 0 aromatic carbocycles. The van der Waals surface area contributed by atoms with Crippen molar-refractivity contribution < 1.29 is 19.8 Å². The third kappa shape index (κ3) is 5.68. The first-order valence-electron chi connectivity index (χ1n) is 6.28. The molecule has 1 atom stereocenters. The van der Waals surface area contributed by atoms with Crippen LogP contribution in [0.3, 0.4) is 0 Å². The van der Waals surface area contributed by atoms with Crippen LogP contribution >= 0.6 is 0 Å². The number of hydrogen-bond donors (Lipinski definition) is 3. The van der Waals surface area contributed by atoms with Gasteiger partial charge in [-0.2, -0.15) is 0 Å². The Balaban J connectivity index is 0.00000121. The van der Waals surface area contributed by atoms with Gasteiger partial charge in [0.1, 0.15) is 12.6 Å². The van der Waals surface area contributed by atoms with E-state index in [4.69, 9.17) is 10.2 Å². The van der Waals surface area contributed by atoms with E-state index in [-0.39, 0.29) is 5.92 Å². The second-order valence-electron chi connectivity index (χ2n) is 3.94. The lowest BCUT2D eigenvalue weighted by Gasteiger charge is -2.27. The molecule has 0 bridgehead atoms. The fraction of sp³-hybridized carbons (Fsp3) is 0.833. The Morgan fingerprint density at radius 2 is 1.76 bits per heavy atom. The van der Waals surface area contributed by atoms with Crippen molar-refractivity contribution in [3.8, 4) is 0 Å². The van der Waals surface area contributed by atoms with E-state index in [0.29, 0.717) is 0 Å². The van der Waals surface area contributed by atoms with Crippen molar-refractivity contribution in [2.24, 2.45) is 5.92 Å². The monoisotopic (exact) mass is 245 g/mol. The smallest absolute Gasteiger partial charge is 0.326 e. The normalized spacial score (nSPS) is 17.6. The van der Waals surface area contributed by atoms with Crippen molar-refractivity contribution in [3.05, 3.63) is 0 Å². The van der Waals surface area contributed by atoms with E-state index in [2.05, 4.69) is 5.32 Å². The number of carboxylic acid groups (broad SMARTS) is 1. The first-order valence-corrected chi connectivity index (χ1v) is 6.28. The van der Waals surface area contributed by atoms with Crippen LogP contribution in [0, 0.1) is 5.92 Å². The van der Waals surface area contributed by atoms with Gasteiger partial charge in [-0.1, -0.05) is 33.1 Å². The van der Waals surface area contributed by atoms with Crippen molar-refractivity contribution in [1.82, 2.24) is 5.32 Å². The van der Waals surface area contributed by atoms with Crippen LogP contribution in [0.4, 0.5) is 0 Å². The fourth-order valence-electron chi connectivity index (χ4n) is 2.07. The molecular formula is C12H23NO4. The number of carboxylic acids is 1. The minimum absolute atomic E-state index is 0.00625. The Kier molecular flexibility index (Phi) is 8.40. The van der Waals surface area contributed by atoms with E-state index >= 15 is 0 Å². The minimum atomic E-state index is -1.01. The number of aliphatic hydroxyl groups excluding tert-OH is 1. The zero-order valence-electron chi connectivity index (χ0n) is 10.6. The van der Waals surface area contributed by atoms with E-state index in [1.54, 1.807) is 0 Å². The predicted octanol–water partition coefficient (Wildman–Crippen LogP) is 1.15. The van der Waals surface area contributed by atoms with E-state index in [9.17, 15) is 9.59 Å². The Labute approximate surface area is 102 Å². The van der Waals surface area contributed by atoms with Gasteiger partial charge in [0.2, 0.25) is 5.91 Å². The van der Waals surface area contributed by atoms with Crippen LogP contribution in [-0.4, -0.2) is 34.7 Å². The molecule has 17 heavy (non-hydrogen) atoms. The summed E-state index contributed by atoms with van der Waals surface area (Å²) in [6.45, 7) is 3.34. The quantitative estimate of drug-likeness (QED) is 0.693. The van der Waals surface area contributed by atoms with Crippen molar-refractivity contribution >= 4 is 11.9 Å². The lowest BCUT2D eigenvalue weighted by atomic mass is 9.84. The molecule has 1 aliphatic rings. The Morgan fingerprint density at radius 1 is 1.24 bits per heavy atom. The van der Waals surface area contributed by atoms with Gasteiger partial charge in [0.05, 0.1) is 0 Å². The highest BCUT2D eigenvalue weighted by molar-refractivity contribution is 5.84. The van der Waals surface area contributed by atoms with E-state index < -0.39 is 24.5 Å². The van der Waals surface area contributed by atoms with Crippen LogP contribution in [0.15, 0.2) is 0 Å². The molecule has 1 rings (SSSR count). The van der Waals surface area contributed by atoms with Gasteiger partial charge in [0.15, 0.2) is 0 Å². The molecule has 3 N–H and O–H groups in total. The number of carbonyl (C=O) groups is 2. The van der Waals surface area contributed by atoms with Crippen LogP contribution in [0.5, 0.6) is 0 Å². The molecule has 5 heteroatoms. The lowest BCUT2D eigenvalue weighted by molar-refractivity contribution is -0.144. The number of aliphatic hydroxyl groups is 1. The highest BCUT2D eigenvalue weighted by Crippen LogP contribution is 2.26. The molecule has 1 aliphatic carbocycles. The number of rotatable bonds is 4. The van der Waals surface area contributed by atoms with Gasteiger partial charge in [-0.3, -0.25) is 4.79 Å². The van der Waals surface area contributed by atoms with Gasteiger partial charge in [-0.05, 0) is 18.8 Å². The largest absolute Gasteiger partial charge is 0.480 e. The standard InChI is InChI=1S/C10H17NO4.C2H6/c12-6-8(13)11-9(10(14)15)7-4-2-1-3-5-7;1-2/h7,9,12H,1-6H2,(H,11,13)(H,14,15);1-2H3. The molecule has 0 aliphatic heterocycles. The first-order chi connectivity index (χ1) is 8.15. The zero-order valence-corrected chi connectivity index (χ0v) is 10.6. The summed E-state index contributed by atoms with van der Waals surface area (Å²) in [7, 11) is 0. The van der Waals surface area contributed by atoms with Gasteiger partial charge in [-0.15, -0.1) is 0 Å². The molecule has 1 fully saturated rings. The maximum Gasteiger partial charge on any atom is 0.326 e. The van der Waals surface area contributed by atoms with E-state index in [1.165, 1.54) is 0 Å². The summed E-state index contributed by atoms with van der Waals surface area (Å²) in [4.78, 5) is 21.9. The highest BCUT2D eigenvalue weighted by atomic mass is 16.4. The molecule has 100 valence electrons. The fourth-order valence-corrected chi connectivity index (χ4v) is 2.07. The van der Waals surface area contributed by atoms with Crippen LogP contribution in [-0.2, 0) is 9.59 Å². The molecule has 1 unspecified atom stereocenters. The lowest BCUT2D eigenvalue weighted by Crippen LogP contribution is -2.47. The van der Waals surface area contributed by atoms with Gasteiger partial charge in [-0.25, -0.2) is 4.79 Å². The second kappa shape index (κ2) is 8.98. The Hall–Kier alpha value is -1.10. The van der Waals surface area contributed by atoms with Crippen molar-refractivity contribution in [2.45, 2.75) is 52.0 Å². The maximum absolute atomic E-state index is 11.0. The number of amides is 1. The van der Waals surface area contributed by atoms with Crippen LogP contribution in [0.1, 0.15) is 46.0 Å². The summed E-state index contributed by atoms with van der Waals surface area (Å²) in [5.74, 6) is -1.62. The zero-order chi connectivity index (χ0) is 13.3. The SMILES string of the molecule is CC.O=C(CO)NC(C(=O)O)C1CCCCC1. The molecule has 0 radical (unpaired) electrons. The van der Waals surface area contributed by atoms with Gasteiger partial charge >= 0.3 is 5.97 Å². The molecule has 0 aromatic rings. The Morgan fingerprint density at radius 3 is 2.18 bits per heavy atom. The van der Waals surface area contributed by atoms with E-state index in [0.717, 1.165) is 32.1 Å². The summed E-state index contributed by atoms with van der Waals surface area (Å²) < 4.78 is 0. The molecule has 5 nitrogen and oxygen atoms in total. The topological polar surface area (TPSA) is 86.6 Å². The van der Waals surface area contributed by atoms with Crippen molar-refractivity contribution in [1.29, 1.82) is 0 Å². The number of hydrogen-bond acceptors (Lipinski definition) is 3. The summed E-state index contributed by atoms with van der Waals surface area (Å²) in [5.41, 5.74) is 0. The third-order valence-corrected chi connectivity index (χ3v) is 2.85. The molecule has 0 spiro atoms. The van der Waals surface area contributed by atoms with Gasteiger partial charge in [0, 0.05) is 0 Å².